The molecule has 0 unspecified atom stereocenters. The number of piperazine rings is 1. The summed E-state index contributed by atoms with van der Waals surface area (Å²) in [6.07, 6.45) is 4.14. The first-order valence-electron chi connectivity index (χ1n) is 7.82. The first-order valence-corrected chi connectivity index (χ1v) is 7.82. The van der Waals surface area contributed by atoms with Crippen molar-refractivity contribution in [3.05, 3.63) is 12.2 Å². The number of nitrogens with zero attached hydrogens (tertiary/aromatic N) is 2. The number of carbonyl (C=O) groups is 2. The number of hydrogen-bond acceptors (Lipinski definition) is 5. The number of hydrogen-bond donors (Lipinski definition) is 1. The van der Waals surface area contributed by atoms with Gasteiger partial charge in [0.2, 0.25) is 0 Å². The Kier molecular flexibility index (Phi) is 7.55. The fourth-order valence-corrected chi connectivity index (χ4v) is 2.34. The van der Waals surface area contributed by atoms with Crippen LogP contribution >= 0.6 is 0 Å². The summed E-state index contributed by atoms with van der Waals surface area (Å²) < 4.78 is 5.29. The van der Waals surface area contributed by atoms with Crippen LogP contribution in [0.3, 0.4) is 0 Å². The highest BCUT2D eigenvalue weighted by Crippen LogP contribution is 2.10. The van der Waals surface area contributed by atoms with Crippen molar-refractivity contribution in [2.75, 3.05) is 39.3 Å². The van der Waals surface area contributed by atoms with Crippen molar-refractivity contribution in [3.63, 3.8) is 0 Å². The summed E-state index contributed by atoms with van der Waals surface area (Å²) in [4.78, 5) is 26.6. The predicted molar refractivity (Wildman–Crippen MR) is 84.7 cm³/mol. The standard InChI is InChI=1S/C16H28N2O4/c1-16(2,3)22-15(21)7-5-9-18-12-10-17(11-13-18)8-4-6-14(19)20/h4,6H,5,7-13H2,1-3H3,(H,19,20)/b6-4+. The third-order valence-corrected chi connectivity index (χ3v) is 3.36. The average Bonchev–Trinajstić information content (AvgIpc) is 2.38. The van der Waals surface area contributed by atoms with Gasteiger partial charge in [-0.3, -0.25) is 9.69 Å². The molecule has 0 atom stereocenters. The minimum atomic E-state index is -0.902. The van der Waals surface area contributed by atoms with Crippen LogP contribution < -0.4 is 0 Å². The van der Waals surface area contributed by atoms with Crippen LogP contribution in [0.2, 0.25) is 0 Å². The van der Waals surface area contributed by atoms with Gasteiger partial charge in [0.1, 0.15) is 5.60 Å². The van der Waals surface area contributed by atoms with E-state index in [0.717, 1.165) is 39.1 Å². The van der Waals surface area contributed by atoms with Gasteiger partial charge < -0.3 is 14.7 Å². The molecule has 6 heteroatoms. The van der Waals surface area contributed by atoms with Gasteiger partial charge in [-0.15, -0.1) is 0 Å². The molecule has 0 aromatic carbocycles. The van der Waals surface area contributed by atoms with Crippen molar-refractivity contribution in [3.8, 4) is 0 Å². The smallest absolute Gasteiger partial charge is 0.328 e. The van der Waals surface area contributed by atoms with E-state index in [0.29, 0.717) is 13.0 Å². The van der Waals surface area contributed by atoms with E-state index in [9.17, 15) is 9.59 Å². The van der Waals surface area contributed by atoms with E-state index < -0.39 is 11.6 Å². The highest BCUT2D eigenvalue weighted by Gasteiger charge is 2.18. The molecular weight excluding hydrogens is 284 g/mol. The zero-order valence-corrected chi connectivity index (χ0v) is 13.9. The van der Waals surface area contributed by atoms with Gasteiger partial charge in [0, 0.05) is 45.2 Å². The summed E-state index contributed by atoms with van der Waals surface area (Å²) in [7, 11) is 0. The molecule has 126 valence electrons. The molecule has 6 nitrogen and oxygen atoms in total. The highest BCUT2D eigenvalue weighted by molar-refractivity contribution is 5.79. The Morgan fingerprint density at radius 3 is 2.27 bits per heavy atom. The second kappa shape index (κ2) is 8.90. The van der Waals surface area contributed by atoms with Crippen molar-refractivity contribution >= 4 is 11.9 Å². The molecule has 1 saturated heterocycles. The predicted octanol–water partition coefficient (Wildman–Crippen LogP) is 1.37. The number of carbonyl (C=O) groups excluding carboxylic acids is 1. The van der Waals surface area contributed by atoms with Crippen molar-refractivity contribution in [1.82, 2.24) is 9.80 Å². The maximum atomic E-state index is 11.6. The molecular formula is C16H28N2O4. The van der Waals surface area contributed by atoms with Crippen LogP contribution in [0.1, 0.15) is 33.6 Å². The Labute approximate surface area is 132 Å². The molecule has 1 heterocycles. The van der Waals surface area contributed by atoms with Crippen LogP contribution in [0, 0.1) is 0 Å². The van der Waals surface area contributed by atoms with E-state index >= 15 is 0 Å². The average molecular weight is 312 g/mol. The zero-order chi connectivity index (χ0) is 16.6. The SMILES string of the molecule is CC(C)(C)OC(=O)CCCN1CCN(C/C=C/C(=O)O)CC1. The molecule has 1 N–H and O–H groups in total. The quantitative estimate of drug-likeness (QED) is 0.565. The van der Waals surface area contributed by atoms with E-state index in [1.54, 1.807) is 6.08 Å². The second-order valence-electron chi connectivity index (χ2n) is 6.57. The van der Waals surface area contributed by atoms with Crippen molar-refractivity contribution in [1.29, 1.82) is 0 Å². The Balaban J connectivity index is 2.13. The summed E-state index contributed by atoms with van der Waals surface area (Å²) >= 11 is 0. The molecule has 1 aliphatic heterocycles. The number of carboxylic acids is 1. The first kappa shape index (κ1) is 18.6. The maximum Gasteiger partial charge on any atom is 0.328 e. The zero-order valence-electron chi connectivity index (χ0n) is 13.9. The summed E-state index contributed by atoms with van der Waals surface area (Å²) in [5.41, 5.74) is -0.411. The van der Waals surface area contributed by atoms with Gasteiger partial charge in [-0.1, -0.05) is 6.08 Å². The van der Waals surface area contributed by atoms with Gasteiger partial charge >= 0.3 is 11.9 Å². The van der Waals surface area contributed by atoms with Crippen molar-refractivity contribution in [2.45, 2.75) is 39.2 Å². The molecule has 0 radical (unpaired) electrons. The molecule has 0 bridgehead atoms. The normalized spacial score (nSPS) is 17.8. The highest BCUT2D eigenvalue weighted by atomic mass is 16.6. The largest absolute Gasteiger partial charge is 0.478 e. The van der Waals surface area contributed by atoms with Crippen LogP contribution in [-0.2, 0) is 14.3 Å². The minimum absolute atomic E-state index is 0.134. The van der Waals surface area contributed by atoms with Gasteiger partial charge in [-0.05, 0) is 33.7 Å². The number of rotatable bonds is 7. The number of ether oxygens (including phenoxy) is 1. The van der Waals surface area contributed by atoms with Crippen molar-refractivity contribution < 1.29 is 19.4 Å². The molecule has 0 aliphatic carbocycles. The van der Waals surface area contributed by atoms with Crippen LogP contribution in [0.5, 0.6) is 0 Å². The van der Waals surface area contributed by atoms with Gasteiger partial charge in [0.15, 0.2) is 0 Å². The lowest BCUT2D eigenvalue weighted by Gasteiger charge is -2.34. The fourth-order valence-electron chi connectivity index (χ4n) is 2.34. The van der Waals surface area contributed by atoms with Gasteiger partial charge in [0.05, 0.1) is 0 Å². The summed E-state index contributed by atoms with van der Waals surface area (Å²) in [6, 6.07) is 0. The molecule has 1 rings (SSSR count). The van der Waals surface area contributed by atoms with Gasteiger partial charge in [-0.2, -0.15) is 0 Å². The molecule has 0 amide bonds. The third kappa shape index (κ3) is 8.79. The van der Waals surface area contributed by atoms with Gasteiger partial charge in [0.25, 0.3) is 0 Å². The third-order valence-electron chi connectivity index (χ3n) is 3.36. The fraction of sp³-hybridized carbons (Fsp3) is 0.750. The van der Waals surface area contributed by atoms with Crippen LogP contribution in [0.25, 0.3) is 0 Å². The monoisotopic (exact) mass is 312 g/mol. The maximum absolute atomic E-state index is 11.6. The van der Waals surface area contributed by atoms with Crippen LogP contribution in [0.15, 0.2) is 12.2 Å². The molecule has 0 saturated carbocycles. The van der Waals surface area contributed by atoms with E-state index in [1.165, 1.54) is 6.08 Å². The lowest BCUT2D eigenvalue weighted by molar-refractivity contribution is -0.155. The number of esters is 1. The Morgan fingerprint density at radius 1 is 1.14 bits per heavy atom. The molecule has 0 aromatic rings. The summed E-state index contributed by atoms with van der Waals surface area (Å²) in [6.45, 7) is 11.0. The number of aliphatic carboxylic acids is 1. The Hall–Kier alpha value is -1.40. The Bertz CT molecular complexity index is 393. The van der Waals surface area contributed by atoms with Crippen molar-refractivity contribution in [2.24, 2.45) is 0 Å². The molecule has 0 aromatic heterocycles. The van der Waals surface area contributed by atoms with E-state index in [2.05, 4.69) is 9.80 Å². The molecule has 22 heavy (non-hydrogen) atoms. The summed E-state index contributed by atoms with van der Waals surface area (Å²) in [5, 5.41) is 8.55. The van der Waals surface area contributed by atoms with E-state index in [-0.39, 0.29) is 5.97 Å². The minimum Gasteiger partial charge on any atom is -0.478 e. The molecule has 1 fully saturated rings. The Morgan fingerprint density at radius 2 is 1.73 bits per heavy atom. The topological polar surface area (TPSA) is 70.1 Å². The van der Waals surface area contributed by atoms with Crippen LogP contribution in [-0.4, -0.2) is 71.7 Å². The van der Waals surface area contributed by atoms with E-state index in [1.807, 2.05) is 20.8 Å². The summed E-state index contributed by atoms with van der Waals surface area (Å²) in [5.74, 6) is -1.04. The molecule has 0 spiro atoms. The van der Waals surface area contributed by atoms with E-state index in [4.69, 9.17) is 9.84 Å². The van der Waals surface area contributed by atoms with Crippen LogP contribution in [0.4, 0.5) is 0 Å². The lowest BCUT2D eigenvalue weighted by atomic mass is 10.2. The second-order valence-corrected chi connectivity index (χ2v) is 6.57. The number of carboxylic acid groups (broad SMARTS) is 1. The van der Waals surface area contributed by atoms with Gasteiger partial charge in [-0.25, -0.2) is 4.79 Å². The lowest BCUT2D eigenvalue weighted by Crippen LogP contribution is -2.46. The first-order chi connectivity index (χ1) is 10.3. The molecule has 1 aliphatic rings.